The summed E-state index contributed by atoms with van der Waals surface area (Å²) < 4.78 is 33.3. The molecule has 10 N–H and O–H groups in total. The molecule has 3 aliphatic heterocycles. The predicted octanol–water partition coefficient (Wildman–Crippen LogP) is -6.63. The Morgan fingerprint density at radius 3 is 1.56 bits per heavy atom. The van der Waals surface area contributed by atoms with Gasteiger partial charge < -0.3 is 79.9 Å². The molecule has 0 aromatic rings. The van der Waals surface area contributed by atoms with Crippen molar-refractivity contribution in [2.45, 2.75) is 106 Å². The molecular formula is C23H40N2O16. The van der Waals surface area contributed by atoms with Crippen LogP contribution in [0.4, 0.5) is 0 Å². The van der Waals surface area contributed by atoms with Crippen LogP contribution < -0.4 is 10.6 Å². The molecular weight excluding hydrogens is 560 g/mol. The van der Waals surface area contributed by atoms with Crippen LogP contribution in [-0.2, 0) is 38.0 Å². The van der Waals surface area contributed by atoms with Gasteiger partial charge in [-0.25, -0.2) is 0 Å². The highest BCUT2D eigenvalue weighted by Gasteiger charge is 2.52. The Kier molecular flexibility index (Phi) is 12.2. The summed E-state index contributed by atoms with van der Waals surface area (Å²) in [4.78, 5) is 23.3. The Morgan fingerprint density at radius 1 is 0.659 bits per heavy atom. The molecule has 0 aliphatic carbocycles. The minimum absolute atomic E-state index is 0.502. The molecule has 0 spiro atoms. The summed E-state index contributed by atoms with van der Waals surface area (Å²) in [5.41, 5.74) is 0. The van der Waals surface area contributed by atoms with Crippen LogP contribution in [0.5, 0.6) is 0 Å². The van der Waals surface area contributed by atoms with Gasteiger partial charge in [0, 0.05) is 21.0 Å². The van der Waals surface area contributed by atoms with Crippen LogP contribution in [-0.4, -0.2) is 172 Å². The summed E-state index contributed by atoms with van der Waals surface area (Å²) >= 11 is 0. The van der Waals surface area contributed by atoms with Gasteiger partial charge in [0.1, 0.15) is 73.1 Å². The largest absolute Gasteiger partial charge is 0.394 e. The van der Waals surface area contributed by atoms with Crippen molar-refractivity contribution < 1.29 is 78.9 Å². The van der Waals surface area contributed by atoms with Crippen LogP contribution in [0, 0.1) is 0 Å². The quantitative estimate of drug-likeness (QED) is 0.112. The third-order valence-corrected chi connectivity index (χ3v) is 7.09. The zero-order chi connectivity index (χ0) is 30.6. The number of aliphatic hydroxyl groups excluding tert-OH is 8. The van der Waals surface area contributed by atoms with Crippen LogP contribution in [0.3, 0.4) is 0 Å². The van der Waals surface area contributed by atoms with E-state index >= 15 is 0 Å². The highest BCUT2D eigenvalue weighted by Crippen LogP contribution is 2.30. The van der Waals surface area contributed by atoms with E-state index in [2.05, 4.69) is 10.6 Å². The lowest BCUT2D eigenvalue weighted by Crippen LogP contribution is -2.68. The average Bonchev–Trinajstić information content (AvgIpc) is 2.93. The van der Waals surface area contributed by atoms with Gasteiger partial charge in [0.25, 0.3) is 0 Å². The van der Waals surface area contributed by atoms with Gasteiger partial charge in [-0.1, -0.05) is 0 Å². The third-order valence-electron chi connectivity index (χ3n) is 7.09. The lowest BCUT2D eigenvalue weighted by Gasteiger charge is -2.47. The topological polar surface area (TPSA) is 275 Å². The number of aliphatic hydroxyl groups is 8. The Bertz CT molecular complexity index is 866. The van der Waals surface area contributed by atoms with Gasteiger partial charge in [0.2, 0.25) is 11.8 Å². The molecule has 18 nitrogen and oxygen atoms in total. The van der Waals surface area contributed by atoms with Crippen LogP contribution in [0.25, 0.3) is 0 Å². The molecule has 0 aromatic heterocycles. The molecule has 0 aromatic carbocycles. The number of ether oxygens (including phenoxy) is 6. The maximum atomic E-state index is 11.7. The summed E-state index contributed by atoms with van der Waals surface area (Å²) in [6.45, 7) is 0.419. The van der Waals surface area contributed by atoms with E-state index in [1.54, 1.807) is 0 Å². The van der Waals surface area contributed by atoms with E-state index in [1.165, 1.54) is 7.11 Å². The van der Waals surface area contributed by atoms with Crippen LogP contribution in [0.2, 0.25) is 0 Å². The molecule has 0 saturated carbocycles. The molecule has 18 heteroatoms. The number of carbonyl (C=O) groups is 2. The molecule has 3 rings (SSSR count). The van der Waals surface area contributed by atoms with E-state index < -0.39 is 124 Å². The van der Waals surface area contributed by atoms with Crippen molar-refractivity contribution in [3.8, 4) is 0 Å². The first-order valence-electron chi connectivity index (χ1n) is 12.9. The molecule has 2 amide bonds. The SMILES string of the molecule is COC1OC(COC2OC(CO)C(O)C(O)C2NC(C)=O)C(O)C(O)C1OC1OC(CO)C(O)C(O)C1NC(C)=O. The first-order valence-corrected chi connectivity index (χ1v) is 12.9. The highest BCUT2D eigenvalue weighted by molar-refractivity contribution is 5.73. The van der Waals surface area contributed by atoms with E-state index in [-0.39, 0.29) is 0 Å². The van der Waals surface area contributed by atoms with Gasteiger partial charge >= 0.3 is 0 Å². The fraction of sp³-hybridized carbons (Fsp3) is 0.913. The summed E-state index contributed by atoms with van der Waals surface area (Å²) in [5, 5.41) is 86.8. The molecule has 15 atom stereocenters. The monoisotopic (exact) mass is 600 g/mol. The fourth-order valence-electron chi connectivity index (χ4n) is 4.92. The second-order valence-corrected chi connectivity index (χ2v) is 10.1. The molecule has 3 heterocycles. The lowest BCUT2D eigenvalue weighted by atomic mass is 9.95. The zero-order valence-corrected chi connectivity index (χ0v) is 22.6. The van der Waals surface area contributed by atoms with Gasteiger partial charge in [-0.05, 0) is 0 Å². The van der Waals surface area contributed by atoms with E-state index in [1.807, 2.05) is 0 Å². The molecule has 3 fully saturated rings. The Labute approximate surface area is 234 Å². The molecule has 238 valence electrons. The highest BCUT2D eigenvalue weighted by atomic mass is 16.8. The van der Waals surface area contributed by atoms with Crippen molar-refractivity contribution in [3.63, 3.8) is 0 Å². The number of rotatable bonds is 10. The number of amides is 2. The van der Waals surface area contributed by atoms with Gasteiger partial charge in [-0.3, -0.25) is 9.59 Å². The van der Waals surface area contributed by atoms with E-state index in [0.717, 1.165) is 13.8 Å². The molecule has 41 heavy (non-hydrogen) atoms. The Morgan fingerprint density at radius 2 is 1.10 bits per heavy atom. The van der Waals surface area contributed by atoms with E-state index in [4.69, 9.17) is 28.4 Å². The first-order chi connectivity index (χ1) is 19.3. The van der Waals surface area contributed by atoms with Gasteiger partial charge in [-0.2, -0.15) is 0 Å². The maximum absolute atomic E-state index is 11.7. The molecule has 0 bridgehead atoms. The van der Waals surface area contributed by atoms with Crippen LogP contribution >= 0.6 is 0 Å². The number of hydrogen-bond donors (Lipinski definition) is 10. The van der Waals surface area contributed by atoms with Crippen molar-refractivity contribution in [1.82, 2.24) is 10.6 Å². The first kappa shape index (κ1) is 33.9. The summed E-state index contributed by atoms with van der Waals surface area (Å²) in [6.07, 6.45) is -19.5. The Hall–Kier alpha value is -1.62. The standard InChI is InChI=1S/C23H40N2O16/c1-7(28)24-12-17(33)14(30)9(4-26)38-21(12)37-6-11-16(32)19(35)20(23(36-3)40-11)41-22-13(25-8(2)29)18(34)15(31)10(5-27)39-22/h9-23,26-27,30-35H,4-6H2,1-3H3,(H,24,28)(H,25,29). The lowest BCUT2D eigenvalue weighted by molar-refractivity contribution is -0.357. The summed E-state index contributed by atoms with van der Waals surface area (Å²) in [6, 6.07) is -2.61. The predicted molar refractivity (Wildman–Crippen MR) is 129 cm³/mol. The summed E-state index contributed by atoms with van der Waals surface area (Å²) in [5.74, 6) is -1.18. The minimum atomic E-state index is -1.74. The number of carbonyl (C=O) groups excluding carboxylic acids is 2. The van der Waals surface area contributed by atoms with Gasteiger partial charge in [0.15, 0.2) is 18.9 Å². The minimum Gasteiger partial charge on any atom is -0.394 e. The van der Waals surface area contributed by atoms with Crippen molar-refractivity contribution in [2.24, 2.45) is 0 Å². The van der Waals surface area contributed by atoms with Gasteiger partial charge in [0.05, 0.1) is 19.8 Å². The molecule has 15 unspecified atom stereocenters. The number of methoxy groups -OCH3 is 1. The molecule has 3 saturated heterocycles. The fourth-order valence-corrected chi connectivity index (χ4v) is 4.92. The van der Waals surface area contributed by atoms with Crippen molar-refractivity contribution in [2.75, 3.05) is 26.9 Å². The van der Waals surface area contributed by atoms with E-state index in [9.17, 15) is 50.4 Å². The molecule has 0 radical (unpaired) electrons. The second-order valence-electron chi connectivity index (χ2n) is 10.1. The normalized spacial score (nSPS) is 45.2. The third kappa shape index (κ3) is 7.67. The number of hydrogen-bond acceptors (Lipinski definition) is 16. The maximum Gasteiger partial charge on any atom is 0.217 e. The van der Waals surface area contributed by atoms with Crippen LogP contribution in [0.15, 0.2) is 0 Å². The molecule has 3 aliphatic rings. The van der Waals surface area contributed by atoms with Gasteiger partial charge in [-0.15, -0.1) is 0 Å². The van der Waals surface area contributed by atoms with E-state index in [0.29, 0.717) is 0 Å². The smallest absolute Gasteiger partial charge is 0.217 e. The van der Waals surface area contributed by atoms with Crippen molar-refractivity contribution >= 4 is 11.8 Å². The average molecular weight is 601 g/mol. The van der Waals surface area contributed by atoms with Crippen LogP contribution in [0.1, 0.15) is 13.8 Å². The van der Waals surface area contributed by atoms with Crippen molar-refractivity contribution in [3.05, 3.63) is 0 Å². The second kappa shape index (κ2) is 14.7. The van der Waals surface area contributed by atoms with Crippen molar-refractivity contribution in [1.29, 1.82) is 0 Å². The number of nitrogens with one attached hydrogen (secondary N) is 2. The zero-order valence-electron chi connectivity index (χ0n) is 22.6. The summed E-state index contributed by atoms with van der Waals surface area (Å²) in [7, 11) is 1.20. The Balaban J connectivity index is 1.72.